The summed E-state index contributed by atoms with van der Waals surface area (Å²) in [4.78, 5) is 12.8. The maximum Gasteiger partial charge on any atom is 0.251 e. The van der Waals surface area contributed by atoms with Gasteiger partial charge in [-0.1, -0.05) is 6.07 Å². The van der Waals surface area contributed by atoms with Crippen LogP contribution in [-0.4, -0.2) is 11.0 Å². The van der Waals surface area contributed by atoms with Crippen molar-refractivity contribution in [3.05, 3.63) is 50.6 Å². The van der Waals surface area contributed by atoms with Crippen molar-refractivity contribution < 1.29 is 9.90 Å². The molecule has 0 saturated heterocycles. The van der Waals surface area contributed by atoms with Crippen LogP contribution in [0.5, 0.6) is 5.75 Å². The van der Waals surface area contributed by atoms with Crippen molar-refractivity contribution >= 4 is 33.2 Å². The third kappa shape index (κ3) is 3.08. The number of carbonyl (C=O) groups is 1. The van der Waals surface area contributed by atoms with Gasteiger partial charge in [0.1, 0.15) is 5.75 Å². The Labute approximate surface area is 111 Å². The normalized spacial score (nSPS) is 10.2. The Morgan fingerprint density at radius 3 is 2.88 bits per heavy atom. The monoisotopic (exact) mass is 311 g/mol. The lowest BCUT2D eigenvalue weighted by atomic mass is 10.2. The third-order valence-electron chi connectivity index (χ3n) is 2.21. The highest BCUT2D eigenvalue weighted by Crippen LogP contribution is 2.22. The van der Waals surface area contributed by atoms with Crippen molar-refractivity contribution in [1.29, 1.82) is 0 Å². The van der Waals surface area contributed by atoms with Crippen LogP contribution in [0, 0.1) is 0 Å². The highest BCUT2D eigenvalue weighted by atomic mass is 79.9. The number of nitrogens with one attached hydrogen (secondary N) is 1. The molecule has 5 heteroatoms. The minimum atomic E-state index is -0.193. The van der Waals surface area contributed by atoms with Crippen molar-refractivity contribution in [3.63, 3.8) is 0 Å². The zero-order valence-electron chi connectivity index (χ0n) is 8.81. The minimum absolute atomic E-state index is 0.0926. The van der Waals surface area contributed by atoms with E-state index in [0.29, 0.717) is 12.1 Å². The standard InChI is InChI=1S/C12H10BrNO2S/c13-10-4-5-17-11(10)7-14-12(16)8-2-1-3-9(15)6-8/h1-6,15H,7H2,(H,14,16). The van der Waals surface area contributed by atoms with E-state index in [1.54, 1.807) is 23.5 Å². The lowest BCUT2D eigenvalue weighted by Crippen LogP contribution is -2.22. The lowest BCUT2D eigenvalue weighted by Gasteiger charge is -2.04. The summed E-state index contributed by atoms with van der Waals surface area (Å²) in [5.74, 6) is -0.101. The predicted octanol–water partition coefficient (Wildman–Crippen LogP) is 3.15. The van der Waals surface area contributed by atoms with Gasteiger partial charge in [0.2, 0.25) is 0 Å². The average Bonchev–Trinajstić information content (AvgIpc) is 2.72. The van der Waals surface area contributed by atoms with Gasteiger partial charge in [0, 0.05) is 14.9 Å². The molecular formula is C12H10BrNO2S. The van der Waals surface area contributed by atoms with Crippen molar-refractivity contribution in [2.45, 2.75) is 6.54 Å². The highest BCUT2D eigenvalue weighted by Gasteiger charge is 2.07. The van der Waals surface area contributed by atoms with Gasteiger partial charge in [-0.3, -0.25) is 4.79 Å². The Morgan fingerprint density at radius 2 is 2.24 bits per heavy atom. The van der Waals surface area contributed by atoms with Crippen LogP contribution >= 0.6 is 27.3 Å². The molecule has 0 aliphatic carbocycles. The highest BCUT2D eigenvalue weighted by molar-refractivity contribution is 9.10. The van der Waals surface area contributed by atoms with Gasteiger partial charge in [-0.2, -0.15) is 0 Å². The van der Waals surface area contributed by atoms with Crippen LogP contribution in [0.25, 0.3) is 0 Å². The zero-order valence-corrected chi connectivity index (χ0v) is 11.2. The van der Waals surface area contributed by atoms with E-state index in [1.165, 1.54) is 12.1 Å². The molecule has 0 spiro atoms. The number of rotatable bonds is 3. The molecule has 0 unspecified atom stereocenters. The minimum Gasteiger partial charge on any atom is -0.508 e. The first-order valence-electron chi connectivity index (χ1n) is 4.96. The first-order chi connectivity index (χ1) is 8.16. The van der Waals surface area contributed by atoms with E-state index in [9.17, 15) is 9.90 Å². The van der Waals surface area contributed by atoms with Crippen LogP contribution in [0.15, 0.2) is 40.2 Å². The van der Waals surface area contributed by atoms with E-state index in [4.69, 9.17) is 0 Å². The van der Waals surface area contributed by atoms with Gasteiger partial charge >= 0.3 is 0 Å². The molecule has 0 bridgehead atoms. The van der Waals surface area contributed by atoms with E-state index >= 15 is 0 Å². The Morgan fingerprint density at radius 1 is 1.41 bits per heavy atom. The SMILES string of the molecule is O=C(NCc1sccc1Br)c1cccc(O)c1. The molecule has 0 aliphatic rings. The molecule has 0 fully saturated rings. The van der Waals surface area contributed by atoms with Crippen molar-refractivity contribution in [2.75, 3.05) is 0 Å². The molecule has 0 radical (unpaired) electrons. The van der Waals surface area contributed by atoms with Crippen LogP contribution in [0.4, 0.5) is 0 Å². The van der Waals surface area contributed by atoms with Crippen molar-refractivity contribution in [2.24, 2.45) is 0 Å². The number of carbonyl (C=O) groups excluding carboxylic acids is 1. The topological polar surface area (TPSA) is 49.3 Å². The fraction of sp³-hybridized carbons (Fsp3) is 0.0833. The largest absolute Gasteiger partial charge is 0.508 e. The van der Waals surface area contributed by atoms with Gasteiger partial charge in [-0.25, -0.2) is 0 Å². The molecule has 1 aromatic carbocycles. The van der Waals surface area contributed by atoms with Gasteiger partial charge in [-0.05, 0) is 45.6 Å². The zero-order chi connectivity index (χ0) is 12.3. The first-order valence-corrected chi connectivity index (χ1v) is 6.63. The lowest BCUT2D eigenvalue weighted by molar-refractivity contribution is 0.0951. The second kappa shape index (κ2) is 5.33. The Bertz CT molecular complexity index is 539. The van der Waals surface area contributed by atoms with Gasteiger partial charge in [0.15, 0.2) is 0 Å². The van der Waals surface area contributed by atoms with Crippen LogP contribution in [0.3, 0.4) is 0 Å². The summed E-state index contributed by atoms with van der Waals surface area (Å²) in [5, 5.41) is 14.0. The average molecular weight is 312 g/mol. The van der Waals surface area contributed by atoms with Crippen LogP contribution in [0.1, 0.15) is 15.2 Å². The second-order valence-electron chi connectivity index (χ2n) is 3.42. The summed E-state index contributed by atoms with van der Waals surface area (Å²) in [6, 6.07) is 8.23. The quantitative estimate of drug-likeness (QED) is 0.915. The summed E-state index contributed by atoms with van der Waals surface area (Å²) < 4.78 is 0.999. The molecule has 0 saturated carbocycles. The molecule has 17 heavy (non-hydrogen) atoms. The van der Waals surface area contributed by atoms with Gasteiger partial charge in [-0.15, -0.1) is 11.3 Å². The second-order valence-corrected chi connectivity index (χ2v) is 5.28. The summed E-state index contributed by atoms with van der Waals surface area (Å²) in [6.07, 6.45) is 0. The predicted molar refractivity (Wildman–Crippen MR) is 71.3 cm³/mol. The fourth-order valence-electron chi connectivity index (χ4n) is 1.36. The Hall–Kier alpha value is -1.33. The summed E-state index contributed by atoms with van der Waals surface area (Å²) in [5.41, 5.74) is 0.456. The molecule has 2 rings (SSSR count). The first kappa shape index (κ1) is 12.1. The molecule has 2 N–H and O–H groups in total. The number of hydrogen-bond acceptors (Lipinski definition) is 3. The number of hydrogen-bond donors (Lipinski definition) is 2. The van der Waals surface area contributed by atoms with Gasteiger partial charge in [0.25, 0.3) is 5.91 Å². The Balaban J connectivity index is 2.01. The van der Waals surface area contributed by atoms with Crippen molar-refractivity contribution in [1.82, 2.24) is 5.32 Å². The van der Waals surface area contributed by atoms with E-state index < -0.39 is 0 Å². The van der Waals surface area contributed by atoms with Crippen LogP contribution in [-0.2, 0) is 6.54 Å². The number of phenols is 1. The maximum absolute atomic E-state index is 11.8. The van der Waals surface area contributed by atoms with E-state index in [2.05, 4.69) is 21.2 Å². The maximum atomic E-state index is 11.8. The van der Waals surface area contributed by atoms with E-state index in [-0.39, 0.29) is 11.7 Å². The number of benzene rings is 1. The Kier molecular flexibility index (Phi) is 3.81. The van der Waals surface area contributed by atoms with Gasteiger partial charge < -0.3 is 10.4 Å². The van der Waals surface area contributed by atoms with Gasteiger partial charge in [0.05, 0.1) is 6.54 Å². The molecule has 1 heterocycles. The molecule has 0 aliphatic heterocycles. The molecule has 88 valence electrons. The third-order valence-corrected chi connectivity index (χ3v) is 4.14. The van der Waals surface area contributed by atoms with E-state index in [0.717, 1.165) is 9.35 Å². The van der Waals surface area contributed by atoms with Crippen LogP contribution < -0.4 is 5.32 Å². The summed E-state index contributed by atoms with van der Waals surface area (Å²) in [7, 11) is 0. The number of aromatic hydroxyl groups is 1. The van der Waals surface area contributed by atoms with E-state index in [1.807, 2.05) is 11.4 Å². The number of halogens is 1. The number of amides is 1. The molecular weight excluding hydrogens is 302 g/mol. The summed E-state index contributed by atoms with van der Waals surface area (Å²) in [6.45, 7) is 0.479. The molecule has 1 aromatic heterocycles. The van der Waals surface area contributed by atoms with Crippen molar-refractivity contribution in [3.8, 4) is 5.75 Å². The molecule has 0 atom stereocenters. The fourth-order valence-corrected chi connectivity index (χ4v) is 2.79. The molecule has 3 nitrogen and oxygen atoms in total. The number of phenolic OH excluding ortho intramolecular Hbond substituents is 1. The molecule has 1 amide bonds. The summed E-state index contributed by atoms with van der Waals surface area (Å²) >= 11 is 4.98. The molecule has 2 aromatic rings. The van der Waals surface area contributed by atoms with Crippen LogP contribution in [0.2, 0.25) is 0 Å². The number of thiophene rings is 1. The smallest absolute Gasteiger partial charge is 0.251 e.